The minimum atomic E-state index is -3.54. The summed E-state index contributed by atoms with van der Waals surface area (Å²) in [7, 11) is -3.54. The van der Waals surface area contributed by atoms with Crippen LogP contribution in [0.2, 0.25) is 0 Å². The van der Waals surface area contributed by atoms with Crippen LogP contribution in [0.15, 0.2) is 23.1 Å². The van der Waals surface area contributed by atoms with Crippen LogP contribution in [0.5, 0.6) is 0 Å². The van der Waals surface area contributed by atoms with E-state index in [1.54, 1.807) is 12.1 Å². The van der Waals surface area contributed by atoms with E-state index in [2.05, 4.69) is 5.32 Å². The lowest BCUT2D eigenvalue weighted by molar-refractivity contribution is 0.0936. The summed E-state index contributed by atoms with van der Waals surface area (Å²) in [6.45, 7) is 4.91. The number of carbonyl (C=O) groups excluding carboxylic acids is 1. The fourth-order valence-corrected chi connectivity index (χ4v) is 4.81. The minimum Gasteiger partial charge on any atom is -0.381 e. The molecule has 1 aromatic carbocycles. The molecule has 1 aliphatic carbocycles. The number of piperidine rings is 1. The summed E-state index contributed by atoms with van der Waals surface area (Å²) in [5.74, 6) is 0.511. The lowest BCUT2D eigenvalue weighted by Gasteiger charge is -2.26. The molecule has 0 bridgehead atoms. The van der Waals surface area contributed by atoms with Gasteiger partial charge in [0.05, 0.1) is 4.90 Å². The van der Waals surface area contributed by atoms with Gasteiger partial charge in [0.15, 0.2) is 0 Å². The van der Waals surface area contributed by atoms with Gasteiger partial charge in [0.1, 0.15) is 0 Å². The van der Waals surface area contributed by atoms with Crippen LogP contribution in [-0.2, 0) is 14.8 Å². The number of benzene rings is 1. The van der Waals surface area contributed by atoms with Gasteiger partial charge in [0.25, 0.3) is 5.91 Å². The maximum atomic E-state index is 12.8. The molecule has 0 unspecified atom stereocenters. The molecule has 1 saturated carbocycles. The predicted molar refractivity (Wildman–Crippen MR) is 104 cm³/mol. The van der Waals surface area contributed by atoms with E-state index in [1.807, 2.05) is 6.92 Å². The molecule has 1 heterocycles. The third-order valence-corrected chi connectivity index (χ3v) is 7.10. The zero-order valence-corrected chi connectivity index (χ0v) is 16.9. The van der Waals surface area contributed by atoms with Crippen molar-refractivity contribution in [1.29, 1.82) is 0 Å². The normalized spacial score (nSPS) is 18.4. The first-order valence-corrected chi connectivity index (χ1v) is 11.4. The van der Waals surface area contributed by atoms with Crippen LogP contribution in [0.4, 0.5) is 0 Å². The summed E-state index contributed by atoms with van der Waals surface area (Å²) in [6, 6.07) is 4.82. The molecule has 0 aromatic heterocycles. The monoisotopic (exact) mass is 394 g/mol. The standard InChI is InChI=1S/C20H30N2O4S/c1-16-6-9-18(27(24,25)22-11-3-2-4-12-22)14-19(16)20(23)21-10-5-13-26-15-17-7-8-17/h6,9,14,17H,2-5,7-8,10-13,15H2,1H3,(H,21,23). The van der Waals surface area contributed by atoms with Crippen molar-refractivity contribution in [2.24, 2.45) is 5.92 Å². The lowest BCUT2D eigenvalue weighted by atomic mass is 10.1. The number of rotatable bonds is 9. The molecule has 3 rings (SSSR count). The Balaban J connectivity index is 1.57. The number of carbonyl (C=O) groups is 1. The number of hydrogen-bond donors (Lipinski definition) is 1. The Morgan fingerprint density at radius 2 is 1.96 bits per heavy atom. The zero-order chi connectivity index (χ0) is 19.3. The highest BCUT2D eigenvalue weighted by Gasteiger charge is 2.27. The fraction of sp³-hybridized carbons (Fsp3) is 0.650. The van der Waals surface area contributed by atoms with Gasteiger partial charge >= 0.3 is 0 Å². The van der Waals surface area contributed by atoms with Gasteiger partial charge in [-0.3, -0.25) is 4.79 Å². The number of amides is 1. The number of ether oxygens (including phenoxy) is 1. The smallest absolute Gasteiger partial charge is 0.251 e. The lowest BCUT2D eigenvalue weighted by Crippen LogP contribution is -2.35. The third-order valence-electron chi connectivity index (χ3n) is 5.21. The summed E-state index contributed by atoms with van der Waals surface area (Å²) in [5.41, 5.74) is 1.20. The van der Waals surface area contributed by atoms with E-state index < -0.39 is 10.0 Å². The van der Waals surface area contributed by atoms with Crippen LogP contribution in [0.1, 0.15) is 54.4 Å². The Bertz CT molecular complexity index is 753. The van der Waals surface area contributed by atoms with E-state index in [0.29, 0.717) is 31.8 Å². The predicted octanol–water partition coefficient (Wildman–Crippen LogP) is 2.72. The van der Waals surface area contributed by atoms with Crippen molar-refractivity contribution in [2.45, 2.75) is 50.3 Å². The summed E-state index contributed by atoms with van der Waals surface area (Å²) in [5, 5.41) is 2.87. The van der Waals surface area contributed by atoms with Gasteiger partial charge in [-0.25, -0.2) is 8.42 Å². The van der Waals surface area contributed by atoms with E-state index >= 15 is 0 Å². The molecule has 0 spiro atoms. The second-order valence-corrected chi connectivity index (χ2v) is 9.51. The minimum absolute atomic E-state index is 0.202. The molecule has 1 saturated heterocycles. The van der Waals surface area contributed by atoms with Crippen molar-refractivity contribution in [3.8, 4) is 0 Å². The second kappa shape index (κ2) is 9.17. The summed E-state index contributed by atoms with van der Waals surface area (Å²) in [4.78, 5) is 12.7. The van der Waals surface area contributed by atoms with Crippen LogP contribution in [-0.4, -0.2) is 51.5 Å². The maximum absolute atomic E-state index is 12.8. The average Bonchev–Trinajstić information content (AvgIpc) is 3.49. The van der Waals surface area contributed by atoms with Gasteiger partial charge in [0.2, 0.25) is 10.0 Å². The fourth-order valence-electron chi connectivity index (χ4n) is 3.27. The van der Waals surface area contributed by atoms with Gasteiger partial charge < -0.3 is 10.1 Å². The topological polar surface area (TPSA) is 75.7 Å². The molecule has 150 valence electrons. The average molecular weight is 395 g/mol. The van der Waals surface area contributed by atoms with Gasteiger partial charge in [-0.2, -0.15) is 4.31 Å². The zero-order valence-electron chi connectivity index (χ0n) is 16.1. The van der Waals surface area contributed by atoms with Crippen molar-refractivity contribution in [2.75, 3.05) is 32.8 Å². The van der Waals surface area contributed by atoms with Gasteiger partial charge in [-0.05, 0) is 62.6 Å². The Hall–Kier alpha value is -1.44. The molecule has 0 radical (unpaired) electrons. The molecule has 6 nitrogen and oxygen atoms in total. The number of hydrogen-bond acceptors (Lipinski definition) is 4. The van der Waals surface area contributed by atoms with E-state index in [1.165, 1.54) is 23.2 Å². The van der Waals surface area contributed by atoms with Crippen molar-refractivity contribution in [3.05, 3.63) is 29.3 Å². The molecule has 1 amide bonds. The molecular formula is C20H30N2O4S. The Labute approximate surface area is 162 Å². The number of aryl methyl sites for hydroxylation is 1. The van der Waals surface area contributed by atoms with Crippen molar-refractivity contribution >= 4 is 15.9 Å². The number of nitrogens with one attached hydrogen (secondary N) is 1. The van der Waals surface area contributed by atoms with Crippen molar-refractivity contribution < 1.29 is 17.9 Å². The molecule has 1 aliphatic heterocycles. The van der Waals surface area contributed by atoms with Crippen molar-refractivity contribution in [3.63, 3.8) is 0 Å². The number of sulfonamides is 1. The van der Waals surface area contributed by atoms with E-state index in [-0.39, 0.29) is 10.8 Å². The molecule has 7 heteroatoms. The highest BCUT2D eigenvalue weighted by molar-refractivity contribution is 7.89. The van der Waals surface area contributed by atoms with Crippen LogP contribution in [0.25, 0.3) is 0 Å². The quantitative estimate of drug-likeness (QED) is 0.654. The van der Waals surface area contributed by atoms with Crippen molar-refractivity contribution in [1.82, 2.24) is 9.62 Å². The summed E-state index contributed by atoms with van der Waals surface area (Å²) < 4.78 is 32.8. The van der Waals surface area contributed by atoms with Crippen LogP contribution in [0.3, 0.4) is 0 Å². The highest BCUT2D eigenvalue weighted by atomic mass is 32.2. The Kier molecular flexibility index (Phi) is 6.89. The third kappa shape index (κ3) is 5.53. The molecule has 27 heavy (non-hydrogen) atoms. The maximum Gasteiger partial charge on any atom is 0.251 e. The van der Waals surface area contributed by atoms with E-state index in [9.17, 15) is 13.2 Å². The van der Waals surface area contributed by atoms with Gasteiger partial charge in [0, 0.05) is 38.4 Å². The summed E-state index contributed by atoms with van der Waals surface area (Å²) in [6.07, 6.45) is 6.14. The molecule has 0 atom stereocenters. The van der Waals surface area contributed by atoms with E-state index in [0.717, 1.165) is 43.8 Å². The van der Waals surface area contributed by atoms with Crippen LogP contribution >= 0.6 is 0 Å². The van der Waals surface area contributed by atoms with Crippen LogP contribution in [0, 0.1) is 12.8 Å². The number of nitrogens with zero attached hydrogens (tertiary/aromatic N) is 1. The van der Waals surface area contributed by atoms with Gasteiger partial charge in [-0.1, -0.05) is 12.5 Å². The first kappa shape index (κ1) is 20.3. The molecule has 2 aliphatic rings. The Morgan fingerprint density at radius 3 is 2.67 bits per heavy atom. The largest absolute Gasteiger partial charge is 0.381 e. The molecular weight excluding hydrogens is 364 g/mol. The van der Waals surface area contributed by atoms with Gasteiger partial charge in [-0.15, -0.1) is 0 Å². The molecule has 1 N–H and O–H groups in total. The highest BCUT2D eigenvalue weighted by Crippen LogP contribution is 2.28. The first-order valence-electron chi connectivity index (χ1n) is 9.95. The SMILES string of the molecule is Cc1ccc(S(=O)(=O)N2CCCCC2)cc1C(=O)NCCCOCC1CC1. The second-order valence-electron chi connectivity index (χ2n) is 7.57. The Morgan fingerprint density at radius 1 is 1.22 bits per heavy atom. The summed E-state index contributed by atoms with van der Waals surface area (Å²) >= 11 is 0. The van der Waals surface area contributed by atoms with Crippen LogP contribution < -0.4 is 5.32 Å². The molecule has 2 fully saturated rings. The molecule has 1 aromatic rings. The van der Waals surface area contributed by atoms with E-state index in [4.69, 9.17) is 4.74 Å². The first-order chi connectivity index (χ1) is 13.0.